The number of aryl methyl sites for hydroxylation is 1. The molecule has 0 amide bonds. The quantitative estimate of drug-likeness (QED) is 0.843. The van der Waals surface area contributed by atoms with Crippen LogP contribution in [0.3, 0.4) is 0 Å². The van der Waals surface area contributed by atoms with Gasteiger partial charge in [-0.2, -0.15) is 5.10 Å². The van der Waals surface area contributed by atoms with Gasteiger partial charge in [-0.25, -0.2) is 9.37 Å². The Labute approximate surface area is 110 Å². The molecular weight excluding hydrogens is 255 g/mol. The third-order valence-electron chi connectivity index (χ3n) is 2.42. The number of nitrogens with one attached hydrogen (secondary N) is 1. The molecule has 1 N–H and O–H groups in total. The molecule has 0 bridgehead atoms. The van der Waals surface area contributed by atoms with Crippen molar-refractivity contribution in [2.75, 3.05) is 6.54 Å². The minimum atomic E-state index is -0.314. The molecule has 0 saturated heterocycles. The maximum absolute atomic E-state index is 13.1. The molecule has 2 aromatic rings. The average molecular weight is 269 g/mol. The van der Waals surface area contributed by atoms with Crippen molar-refractivity contribution in [2.24, 2.45) is 7.05 Å². The Morgan fingerprint density at radius 2 is 2.22 bits per heavy atom. The van der Waals surface area contributed by atoms with E-state index in [-0.39, 0.29) is 5.82 Å². The van der Waals surface area contributed by atoms with Crippen LogP contribution >= 0.6 is 11.6 Å². The Morgan fingerprint density at radius 1 is 1.39 bits per heavy atom. The molecule has 4 nitrogen and oxygen atoms in total. The summed E-state index contributed by atoms with van der Waals surface area (Å²) in [6.07, 6.45) is 2.41. The fourth-order valence-corrected chi connectivity index (χ4v) is 1.89. The molecule has 1 aromatic carbocycles. The van der Waals surface area contributed by atoms with Crippen LogP contribution in [0.4, 0.5) is 4.39 Å². The van der Waals surface area contributed by atoms with Crippen molar-refractivity contribution >= 4 is 11.6 Å². The number of aromatic nitrogens is 3. The fraction of sp³-hybridized carbons (Fsp3) is 0.333. The maximum atomic E-state index is 13.1. The topological polar surface area (TPSA) is 42.7 Å². The molecule has 2 rings (SSSR count). The third-order valence-corrected chi connectivity index (χ3v) is 2.64. The molecule has 1 aromatic heterocycles. The van der Waals surface area contributed by atoms with Crippen molar-refractivity contribution in [1.29, 1.82) is 0 Å². The first-order valence-corrected chi connectivity index (χ1v) is 6.01. The lowest BCUT2D eigenvalue weighted by Crippen LogP contribution is -2.17. The van der Waals surface area contributed by atoms with E-state index < -0.39 is 0 Å². The van der Waals surface area contributed by atoms with Crippen molar-refractivity contribution in [1.82, 2.24) is 20.1 Å². The normalized spacial score (nSPS) is 10.8. The van der Waals surface area contributed by atoms with Crippen LogP contribution in [0.15, 0.2) is 24.5 Å². The summed E-state index contributed by atoms with van der Waals surface area (Å²) in [7, 11) is 1.83. The molecule has 0 aliphatic heterocycles. The zero-order valence-electron chi connectivity index (χ0n) is 10.0. The lowest BCUT2D eigenvalue weighted by Gasteiger charge is -2.04. The molecule has 96 valence electrons. The first-order chi connectivity index (χ1) is 8.63. The standard InChI is InChI=1S/C12H14ClFN4/c1-18-8-16-12(17-18)2-3-15-7-9-4-10(13)6-11(14)5-9/h4-6,8,15H,2-3,7H2,1H3. The van der Waals surface area contributed by atoms with Crippen LogP contribution in [0.1, 0.15) is 11.4 Å². The van der Waals surface area contributed by atoms with E-state index in [1.807, 2.05) is 7.05 Å². The zero-order chi connectivity index (χ0) is 13.0. The van der Waals surface area contributed by atoms with Gasteiger partial charge in [0.2, 0.25) is 0 Å². The van der Waals surface area contributed by atoms with Crippen molar-refractivity contribution in [3.63, 3.8) is 0 Å². The second-order valence-corrected chi connectivity index (χ2v) is 4.48. The van der Waals surface area contributed by atoms with Gasteiger partial charge in [0.25, 0.3) is 0 Å². The van der Waals surface area contributed by atoms with Gasteiger partial charge in [0.1, 0.15) is 12.1 Å². The highest BCUT2D eigenvalue weighted by Gasteiger charge is 2.01. The number of benzene rings is 1. The molecule has 0 aliphatic carbocycles. The SMILES string of the molecule is Cn1cnc(CCNCc2cc(F)cc(Cl)c2)n1. The summed E-state index contributed by atoms with van der Waals surface area (Å²) < 4.78 is 14.7. The zero-order valence-corrected chi connectivity index (χ0v) is 10.8. The Morgan fingerprint density at radius 3 is 2.89 bits per heavy atom. The number of hydrogen-bond acceptors (Lipinski definition) is 3. The van der Waals surface area contributed by atoms with Gasteiger partial charge in [0, 0.05) is 31.6 Å². The Bertz CT molecular complexity index is 506. The van der Waals surface area contributed by atoms with E-state index in [0.29, 0.717) is 11.6 Å². The second-order valence-electron chi connectivity index (χ2n) is 4.04. The summed E-state index contributed by atoms with van der Waals surface area (Å²) in [6.45, 7) is 1.31. The van der Waals surface area contributed by atoms with E-state index >= 15 is 0 Å². The fourth-order valence-electron chi connectivity index (χ4n) is 1.64. The van der Waals surface area contributed by atoms with Crippen LogP contribution in [-0.2, 0) is 20.0 Å². The minimum Gasteiger partial charge on any atom is -0.312 e. The van der Waals surface area contributed by atoms with E-state index in [1.54, 1.807) is 17.1 Å². The van der Waals surface area contributed by atoms with E-state index in [4.69, 9.17) is 11.6 Å². The lowest BCUT2D eigenvalue weighted by atomic mass is 10.2. The molecule has 0 atom stereocenters. The van der Waals surface area contributed by atoms with Gasteiger partial charge in [-0.1, -0.05) is 11.6 Å². The Kier molecular flexibility index (Phi) is 4.28. The summed E-state index contributed by atoms with van der Waals surface area (Å²) in [4.78, 5) is 4.12. The molecule has 0 unspecified atom stereocenters. The number of hydrogen-bond donors (Lipinski definition) is 1. The average Bonchev–Trinajstić information content (AvgIpc) is 2.69. The monoisotopic (exact) mass is 268 g/mol. The molecule has 0 fully saturated rings. The van der Waals surface area contributed by atoms with Crippen LogP contribution in [0.5, 0.6) is 0 Å². The third kappa shape index (κ3) is 3.78. The molecule has 18 heavy (non-hydrogen) atoms. The van der Waals surface area contributed by atoms with E-state index in [0.717, 1.165) is 24.4 Å². The van der Waals surface area contributed by atoms with Gasteiger partial charge in [0.15, 0.2) is 5.82 Å². The number of nitrogens with zero attached hydrogens (tertiary/aromatic N) is 3. The van der Waals surface area contributed by atoms with Crippen LogP contribution in [0, 0.1) is 5.82 Å². The van der Waals surface area contributed by atoms with Gasteiger partial charge in [-0.3, -0.25) is 4.68 Å². The molecule has 0 radical (unpaired) electrons. The molecule has 1 heterocycles. The van der Waals surface area contributed by atoms with Gasteiger partial charge < -0.3 is 5.32 Å². The summed E-state index contributed by atoms with van der Waals surface area (Å²) in [6, 6.07) is 4.51. The van der Waals surface area contributed by atoms with E-state index in [1.165, 1.54) is 12.1 Å². The van der Waals surface area contributed by atoms with E-state index in [9.17, 15) is 4.39 Å². The van der Waals surface area contributed by atoms with Crippen molar-refractivity contribution in [3.05, 3.63) is 46.8 Å². The highest BCUT2D eigenvalue weighted by Crippen LogP contribution is 2.13. The highest BCUT2D eigenvalue weighted by atomic mass is 35.5. The van der Waals surface area contributed by atoms with E-state index in [2.05, 4.69) is 15.4 Å². The van der Waals surface area contributed by atoms with Crippen LogP contribution in [0.2, 0.25) is 5.02 Å². The van der Waals surface area contributed by atoms with Crippen molar-refractivity contribution in [3.8, 4) is 0 Å². The molecule has 0 spiro atoms. The number of halogens is 2. The summed E-state index contributed by atoms with van der Waals surface area (Å²) in [5.41, 5.74) is 0.828. The second kappa shape index (κ2) is 5.93. The minimum absolute atomic E-state index is 0.314. The molecule has 0 aliphatic rings. The van der Waals surface area contributed by atoms with Gasteiger partial charge in [0.05, 0.1) is 0 Å². The van der Waals surface area contributed by atoms with Crippen molar-refractivity contribution in [2.45, 2.75) is 13.0 Å². The molecule has 6 heteroatoms. The predicted octanol–water partition coefficient (Wildman–Crippen LogP) is 1.94. The Balaban J connectivity index is 1.78. The summed E-state index contributed by atoms with van der Waals surface area (Å²) in [5, 5.41) is 7.78. The highest BCUT2D eigenvalue weighted by molar-refractivity contribution is 6.30. The van der Waals surface area contributed by atoms with Crippen LogP contribution in [0.25, 0.3) is 0 Å². The maximum Gasteiger partial charge on any atom is 0.151 e. The van der Waals surface area contributed by atoms with Crippen LogP contribution in [-0.4, -0.2) is 21.3 Å². The summed E-state index contributed by atoms with van der Waals surface area (Å²) in [5.74, 6) is 0.480. The first kappa shape index (κ1) is 13.0. The van der Waals surface area contributed by atoms with Gasteiger partial charge in [-0.05, 0) is 23.8 Å². The number of rotatable bonds is 5. The Hall–Kier alpha value is -1.46. The molecule has 0 saturated carbocycles. The molecular formula is C12H14ClFN4. The van der Waals surface area contributed by atoms with Crippen molar-refractivity contribution < 1.29 is 4.39 Å². The first-order valence-electron chi connectivity index (χ1n) is 5.64. The lowest BCUT2D eigenvalue weighted by molar-refractivity contribution is 0.618. The van der Waals surface area contributed by atoms with Crippen LogP contribution < -0.4 is 5.32 Å². The smallest absolute Gasteiger partial charge is 0.151 e. The van der Waals surface area contributed by atoms with Gasteiger partial charge in [-0.15, -0.1) is 0 Å². The summed E-state index contributed by atoms with van der Waals surface area (Å²) >= 11 is 5.77. The van der Waals surface area contributed by atoms with Gasteiger partial charge >= 0.3 is 0 Å². The predicted molar refractivity (Wildman–Crippen MR) is 67.8 cm³/mol. The largest absolute Gasteiger partial charge is 0.312 e.